The van der Waals surface area contributed by atoms with Gasteiger partial charge in [-0.25, -0.2) is 0 Å². The summed E-state index contributed by atoms with van der Waals surface area (Å²) in [6.45, 7) is 4.84. The highest BCUT2D eigenvalue weighted by Gasteiger charge is 2.26. The van der Waals surface area contributed by atoms with Crippen molar-refractivity contribution >= 4 is 16.9 Å². The van der Waals surface area contributed by atoms with Crippen molar-refractivity contribution in [3.8, 4) is 0 Å². The summed E-state index contributed by atoms with van der Waals surface area (Å²) in [5.41, 5.74) is 0.892. The molecule has 0 saturated heterocycles. The molecule has 1 aliphatic carbocycles. The van der Waals surface area contributed by atoms with Crippen LogP contribution in [0.15, 0.2) is 34.7 Å². The van der Waals surface area contributed by atoms with Crippen molar-refractivity contribution in [3.63, 3.8) is 0 Å². The molecule has 1 aliphatic rings. The van der Waals surface area contributed by atoms with Gasteiger partial charge in [-0.05, 0) is 44.7 Å². The molecule has 118 valence electrons. The van der Waals surface area contributed by atoms with Gasteiger partial charge in [0.05, 0.1) is 6.04 Å². The van der Waals surface area contributed by atoms with Gasteiger partial charge < -0.3 is 9.32 Å². The SMILES string of the molecule is CCN(C(=O)CC1CCCC1)C(C)c1cc2ccccc2o1. The molecule has 22 heavy (non-hydrogen) atoms. The van der Waals surface area contributed by atoms with Gasteiger partial charge in [0, 0.05) is 18.4 Å². The topological polar surface area (TPSA) is 33.5 Å². The average Bonchev–Trinajstić information content (AvgIpc) is 3.16. The van der Waals surface area contributed by atoms with Gasteiger partial charge in [-0.2, -0.15) is 0 Å². The van der Waals surface area contributed by atoms with Crippen LogP contribution in [-0.2, 0) is 4.79 Å². The first kappa shape index (κ1) is 15.1. The van der Waals surface area contributed by atoms with Crippen LogP contribution in [0.2, 0.25) is 0 Å². The Kier molecular flexibility index (Phi) is 4.51. The number of benzene rings is 1. The Morgan fingerprint density at radius 1 is 1.32 bits per heavy atom. The van der Waals surface area contributed by atoms with E-state index in [9.17, 15) is 4.79 Å². The number of para-hydroxylation sites is 1. The molecular weight excluding hydrogens is 274 g/mol. The van der Waals surface area contributed by atoms with Crippen LogP contribution in [0.5, 0.6) is 0 Å². The molecule has 2 aromatic rings. The predicted molar refractivity (Wildman–Crippen MR) is 88.6 cm³/mol. The highest BCUT2D eigenvalue weighted by molar-refractivity contribution is 5.79. The lowest BCUT2D eigenvalue weighted by Gasteiger charge is -2.27. The summed E-state index contributed by atoms with van der Waals surface area (Å²) in [7, 11) is 0. The van der Waals surface area contributed by atoms with E-state index in [0.717, 1.165) is 23.3 Å². The molecule has 1 aromatic heterocycles. The zero-order valence-corrected chi connectivity index (χ0v) is 13.5. The van der Waals surface area contributed by atoms with Crippen LogP contribution in [0.4, 0.5) is 0 Å². The Morgan fingerprint density at radius 2 is 2.05 bits per heavy atom. The van der Waals surface area contributed by atoms with Crippen molar-refractivity contribution in [2.75, 3.05) is 6.54 Å². The van der Waals surface area contributed by atoms with E-state index in [2.05, 4.69) is 13.0 Å². The number of hydrogen-bond acceptors (Lipinski definition) is 2. The molecule has 1 amide bonds. The van der Waals surface area contributed by atoms with E-state index in [1.165, 1.54) is 25.7 Å². The van der Waals surface area contributed by atoms with E-state index in [1.807, 2.05) is 36.1 Å². The summed E-state index contributed by atoms with van der Waals surface area (Å²) < 4.78 is 5.94. The van der Waals surface area contributed by atoms with Gasteiger partial charge in [-0.15, -0.1) is 0 Å². The first-order valence-corrected chi connectivity index (χ1v) is 8.47. The van der Waals surface area contributed by atoms with Crippen molar-refractivity contribution in [3.05, 3.63) is 36.1 Å². The molecule has 0 bridgehead atoms. The second-order valence-electron chi connectivity index (χ2n) is 6.40. The van der Waals surface area contributed by atoms with E-state index in [4.69, 9.17) is 4.42 Å². The highest BCUT2D eigenvalue weighted by atomic mass is 16.3. The summed E-state index contributed by atoms with van der Waals surface area (Å²) in [5, 5.41) is 1.10. The smallest absolute Gasteiger partial charge is 0.223 e. The predicted octanol–water partition coefficient (Wildman–Crippen LogP) is 4.92. The molecule has 1 unspecified atom stereocenters. The number of furan rings is 1. The van der Waals surface area contributed by atoms with Crippen LogP contribution in [0.1, 0.15) is 57.8 Å². The molecule has 0 aliphatic heterocycles. The summed E-state index contributed by atoms with van der Waals surface area (Å²) in [4.78, 5) is 14.6. The van der Waals surface area contributed by atoms with E-state index in [-0.39, 0.29) is 11.9 Å². The summed E-state index contributed by atoms with van der Waals surface area (Å²) in [6, 6.07) is 10.1. The molecule has 1 atom stereocenters. The van der Waals surface area contributed by atoms with Crippen LogP contribution >= 0.6 is 0 Å². The van der Waals surface area contributed by atoms with E-state index in [0.29, 0.717) is 12.3 Å². The molecular formula is C19H25NO2. The fourth-order valence-electron chi connectivity index (χ4n) is 3.61. The number of rotatable bonds is 5. The van der Waals surface area contributed by atoms with Gasteiger partial charge in [0.15, 0.2) is 0 Å². The second-order valence-corrected chi connectivity index (χ2v) is 6.40. The minimum atomic E-state index is -0.00805. The average molecular weight is 299 g/mol. The molecule has 1 saturated carbocycles. The maximum Gasteiger partial charge on any atom is 0.223 e. The lowest BCUT2D eigenvalue weighted by atomic mass is 10.0. The zero-order valence-electron chi connectivity index (χ0n) is 13.5. The van der Waals surface area contributed by atoms with Crippen LogP contribution in [0, 0.1) is 5.92 Å². The van der Waals surface area contributed by atoms with Crippen LogP contribution < -0.4 is 0 Å². The number of fused-ring (bicyclic) bond motifs is 1. The Hall–Kier alpha value is -1.77. The minimum absolute atomic E-state index is 0.00805. The fourth-order valence-corrected chi connectivity index (χ4v) is 3.61. The standard InChI is InChI=1S/C19H25NO2/c1-3-20(19(21)12-15-8-4-5-9-15)14(2)18-13-16-10-6-7-11-17(16)22-18/h6-7,10-11,13-15H,3-5,8-9,12H2,1-2H3. The minimum Gasteiger partial charge on any atom is -0.459 e. The summed E-state index contributed by atoms with van der Waals surface area (Å²) in [5.74, 6) is 1.73. The molecule has 3 heteroatoms. The largest absolute Gasteiger partial charge is 0.459 e. The van der Waals surface area contributed by atoms with Crippen LogP contribution in [0.25, 0.3) is 11.0 Å². The van der Waals surface area contributed by atoms with Gasteiger partial charge in [0.1, 0.15) is 11.3 Å². The lowest BCUT2D eigenvalue weighted by molar-refractivity contribution is -0.134. The van der Waals surface area contributed by atoms with E-state index < -0.39 is 0 Å². The molecule has 0 N–H and O–H groups in total. The number of carbonyl (C=O) groups is 1. The van der Waals surface area contributed by atoms with Crippen molar-refractivity contribution in [1.82, 2.24) is 4.90 Å². The van der Waals surface area contributed by atoms with Gasteiger partial charge in [0.25, 0.3) is 0 Å². The van der Waals surface area contributed by atoms with Crippen molar-refractivity contribution in [2.24, 2.45) is 5.92 Å². The maximum absolute atomic E-state index is 12.6. The normalized spacial score (nSPS) is 17.0. The highest BCUT2D eigenvalue weighted by Crippen LogP contribution is 2.31. The Balaban J connectivity index is 1.75. The van der Waals surface area contributed by atoms with Gasteiger partial charge in [-0.3, -0.25) is 4.79 Å². The first-order valence-electron chi connectivity index (χ1n) is 8.47. The van der Waals surface area contributed by atoms with Crippen molar-refractivity contribution in [2.45, 2.75) is 52.0 Å². The maximum atomic E-state index is 12.6. The number of hydrogen-bond donors (Lipinski definition) is 0. The third-order valence-corrected chi connectivity index (χ3v) is 4.92. The van der Waals surface area contributed by atoms with Gasteiger partial charge >= 0.3 is 0 Å². The van der Waals surface area contributed by atoms with Gasteiger partial charge in [0.2, 0.25) is 5.91 Å². The number of amides is 1. The summed E-state index contributed by atoms with van der Waals surface area (Å²) in [6.07, 6.45) is 5.68. The van der Waals surface area contributed by atoms with Crippen LogP contribution in [-0.4, -0.2) is 17.4 Å². The molecule has 3 rings (SSSR count). The second kappa shape index (κ2) is 6.55. The molecule has 1 aromatic carbocycles. The zero-order chi connectivity index (χ0) is 15.5. The van der Waals surface area contributed by atoms with Crippen molar-refractivity contribution in [1.29, 1.82) is 0 Å². The molecule has 3 nitrogen and oxygen atoms in total. The first-order chi connectivity index (χ1) is 10.7. The fraction of sp³-hybridized carbons (Fsp3) is 0.526. The van der Waals surface area contributed by atoms with E-state index in [1.54, 1.807) is 0 Å². The third-order valence-electron chi connectivity index (χ3n) is 4.92. The monoisotopic (exact) mass is 299 g/mol. The number of carbonyl (C=O) groups excluding carboxylic acids is 1. The quantitative estimate of drug-likeness (QED) is 0.785. The molecule has 0 radical (unpaired) electrons. The molecule has 1 heterocycles. The third kappa shape index (κ3) is 3.03. The lowest BCUT2D eigenvalue weighted by Crippen LogP contribution is -2.34. The Labute approximate surface area is 132 Å². The summed E-state index contributed by atoms with van der Waals surface area (Å²) >= 11 is 0. The van der Waals surface area contributed by atoms with E-state index >= 15 is 0 Å². The van der Waals surface area contributed by atoms with Gasteiger partial charge in [-0.1, -0.05) is 31.0 Å². The molecule has 1 fully saturated rings. The Bertz CT molecular complexity index is 607. The van der Waals surface area contributed by atoms with Crippen LogP contribution in [0.3, 0.4) is 0 Å². The number of nitrogens with zero attached hydrogens (tertiary/aromatic N) is 1. The molecule has 0 spiro atoms. The van der Waals surface area contributed by atoms with Crippen molar-refractivity contribution < 1.29 is 9.21 Å². The Morgan fingerprint density at radius 3 is 2.73 bits per heavy atom.